The van der Waals surface area contributed by atoms with Gasteiger partial charge in [-0.15, -0.1) is 0 Å². The quantitative estimate of drug-likeness (QED) is 0.318. The standard InChI is InChI=1S/C21H29NO8/c1-5-6-7-8-20-29-10-17-16(9-26-13(2)23)18(11-27-14(3)24)22-19(21(17)30-20)12-28-15(4)25/h20H,5-12H2,1-4H3. The number of pyridine rings is 1. The van der Waals surface area contributed by atoms with Crippen LogP contribution in [0.4, 0.5) is 0 Å². The van der Waals surface area contributed by atoms with Crippen LogP contribution in [0, 0.1) is 0 Å². The zero-order chi connectivity index (χ0) is 22.1. The number of hydrogen-bond donors (Lipinski definition) is 0. The Hall–Kier alpha value is -2.68. The summed E-state index contributed by atoms with van der Waals surface area (Å²) in [5.41, 5.74) is 1.99. The zero-order valence-electron chi connectivity index (χ0n) is 17.9. The Morgan fingerprint density at radius 1 is 0.933 bits per heavy atom. The number of hydrogen-bond acceptors (Lipinski definition) is 9. The van der Waals surface area contributed by atoms with Gasteiger partial charge in [-0.2, -0.15) is 0 Å². The predicted molar refractivity (Wildman–Crippen MR) is 104 cm³/mol. The monoisotopic (exact) mass is 423 g/mol. The van der Waals surface area contributed by atoms with Gasteiger partial charge >= 0.3 is 17.9 Å². The van der Waals surface area contributed by atoms with E-state index in [0.29, 0.717) is 28.3 Å². The van der Waals surface area contributed by atoms with E-state index in [1.807, 2.05) is 0 Å². The molecule has 0 saturated heterocycles. The Morgan fingerprint density at radius 2 is 1.53 bits per heavy atom. The van der Waals surface area contributed by atoms with Crippen LogP contribution in [-0.2, 0) is 59.8 Å². The molecule has 0 fully saturated rings. The Bertz CT molecular complexity index is 777. The van der Waals surface area contributed by atoms with Gasteiger partial charge in [0.05, 0.1) is 12.3 Å². The van der Waals surface area contributed by atoms with Crippen molar-refractivity contribution >= 4 is 17.9 Å². The van der Waals surface area contributed by atoms with Gasteiger partial charge in [-0.05, 0) is 6.42 Å². The topological polar surface area (TPSA) is 110 Å². The summed E-state index contributed by atoms with van der Waals surface area (Å²) < 4.78 is 27.3. The highest BCUT2D eigenvalue weighted by Gasteiger charge is 2.29. The average molecular weight is 423 g/mol. The molecule has 1 aliphatic heterocycles. The maximum Gasteiger partial charge on any atom is 0.303 e. The highest BCUT2D eigenvalue weighted by molar-refractivity contribution is 5.67. The average Bonchev–Trinajstić information content (AvgIpc) is 2.69. The van der Waals surface area contributed by atoms with E-state index >= 15 is 0 Å². The second-order valence-corrected chi connectivity index (χ2v) is 6.99. The molecule has 30 heavy (non-hydrogen) atoms. The highest BCUT2D eigenvalue weighted by atomic mass is 16.7. The van der Waals surface area contributed by atoms with Gasteiger partial charge in [0.25, 0.3) is 0 Å². The second kappa shape index (κ2) is 11.5. The van der Waals surface area contributed by atoms with Gasteiger partial charge in [0.1, 0.15) is 25.5 Å². The SMILES string of the molecule is CCCCCC1OCc2c(COC(C)=O)c(COC(C)=O)nc(COC(C)=O)c2O1. The summed E-state index contributed by atoms with van der Waals surface area (Å²) >= 11 is 0. The van der Waals surface area contributed by atoms with Crippen molar-refractivity contribution in [2.75, 3.05) is 0 Å². The molecule has 0 spiro atoms. The summed E-state index contributed by atoms with van der Waals surface area (Å²) in [6.45, 7) is 5.94. The Labute approximate surface area is 176 Å². The number of unbranched alkanes of at least 4 members (excludes halogenated alkanes) is 2. The van der Waals surface area contributed by atoms with Gasteiger partial charge in [-0.3, -0.25) is 14.4 Å². The number of nitrogens with zero attached hydrogens (tertiary/aromatic N) is 1. The number of fused-ring (bicyclic) bond motifs is 1. The molecule has 0 saturated carbocycles. The van der Waals surface area contributed by atoms with Crippen molar-refractivity contribution in [3.63, 3.8) is 0 Å². The van der Waals surface area contributed by atoms with Crippen LogP contribution in [0.25, 0.3) is 0 Å². The first kappa shape index (κ1) is 23.6. The maximum atomic E-state index is 11.4. The van der Waals surface area contributed by atoms with Crippen molar-refractivity contribution in [2.45, 2.75) is 86.1 Å². The molecular weight excluding hydrogens is 394 g/mol. The first-order chi connectivity index (χ1) is 14.3. The molecule has 0 aliphatic carbocycles. The molecule has 1 atom stereocenters. The summed E-state index contributed by atoms with van der Waals surface area (Å²) in [6, 6.07) is 0. The van der Waals surface area contributed by atoms with Gasteiger partial charge in [-0.25, -0.2) is 4.98 Å². The molecule has 1 aliphatic rings. The minimum absolute atomic E-state index is 0.0671. The molecule has 0 aromatic carbocycles. The molecule has 1 aromatic heterocycles. The summed E-state index contributed by atoms with van der Waals surface area (Å²) in [6.07, 6.45) is 3.37. The van der Waals surface area contributed by atoms with Gasteiger partial charge in [0, 0.05) is 38.3 Å². The lowest BCUT2D eigenvalue weighted by molar-refractivity contribution is -0.144. The minimum atomic E-state index is -0.474. The molecule has 1 aromatic rings. The molecule has 9 heteroatoms. The van der Waals surface area contributed by atoms with E-state index < -0.39 is 24.2 Å². The van der Waals surface area contributed by atoms with E-state index in [4.69, 9.17) is 23.7 Å². The van der Waals surface area contributed by atoms with E-state index in [1.54, 1.807) is 0 Å². The second-order valence-electron chi connectivity index (χ2n) is 6.99. The van der Waals surface area contributed by atoms with Crippen molar-refractivity contribution in [3.05, 3.63) is 22.5 Å². The van der Waals surface area contributed by atoms with Gasteiger partial charge in [-0.1, -0.05) is 19.8 Å². The fraction of sp³-hybridized carbons (Fsp3) is 0.619. The molecule has 2 heterocycles. The summed E-state index contributed by atoms with van der Waals surface area (Å²) in [5.74, 6) is -0.931. The van der Waals surface area contributed by atoms with Crippen LogP contribution in [0.1, 0.15) is 75.9 Å². The van der Waals surface area contributed by atoms with Crippen molar-refractivity contribution < 1.29 is 38.1 Å². The third-order valence-corrected chi connectivity index (χ3v) is 4.47. The van der Waals surface area contributed by atoms with E-state index in [9.17, 15) is 14.4 Å². The molecule has 2 rings (SSSR count). The van der Waals surface area contributed by atoms with Crippen LogP contribution >= 0.6 is 0 Å². The van der Waals surface area contributed by atoms with Crippen LogP contribution in [0.15, 0.2) is 0 Å². The predicted octanol–water partition coefficient (Wildman–Crippen LogP) is 3.09. The van der Waals surface area contributed by atoms with Gasteiger partial charge in [0.15, 0.2) is 12.0 Å². The van der Waals surface area contributed by atoms with Crippen LogP contribution in [0.5, 0.6) is 5.75 Å². The normalized spacial score (nSPS) is 15.0. The van der Waals surface area contributed by atoms with Crippen LogP contribution in [-0.4, -0.2) is 29.2 Å². The van der Waals surface area contributed by atoms with Gasteiger partial charge < -0.3 is 23.7 Å². The smallest absolute Gasteiger partial charge is 0.303 e. The minimum Gasteiger partial charge on any atom is -0.462 e. The van der Waals surface area contributed by atoms with Crippen molar-refractivity contribution in [3.8, 4) is 5.75 Å². The van der Waals surface area contributed by atoms with Crippen LogP contribution < -0.4 is 4.74 Å². The number of esters is 3. The third kappa shape index (κ3) is 6.98. The summed E-state index contributed by atoms with van der Waals surface area (Å²) in [5, 5.41) is 0. The first-order valence-electron chi connectivity index (χ1n) is 10.0. The Morgan fingerprint density at radius 3 is 2.13 bits per heavy atom. The summed E-state index contributed by atoms with van der Waals surface area (Å²) in [4.78, 5) is 38.5. The lowest BCUT2D eigenvalue weighted by Gasteiger charge is -2.30. The summed E-state index contributed by atoms with van der Waals surface area (Å²) in [7, 11) is 0. The van der Waals surface area contributed by atoms with E-state index in [-0.39, 0.29) is 26.4 Å². The molecule has 0 N–H and O–H groups in total. The fourth-order valence-electron chi connectivity index (χ4n) is 3.00. The van der Waals surface area contributed by atoms with E-state index in [2.05, 4.69) is 11.9 Å². The Kier molecular flexibility index (Phi) is 9.04. The number of ether oxygens (including phenoxy) is 5. The van der Waals surface area contributed by atoms with Crippen LogP contribution in [0.2, 0.25) is 0 Å². The molecule has 0 bridgehead atoms. The van der Waals surface area contributed by atoms with Crippen molar-refractivity contribution in [1.82, 2.24) is 4.98 Å². The molecule has 9 nitrogen and oxygen atoms in total. The molecular formula is C21H29NO8. The van der Waals surface area contributed by atoms with Crippen LogP contribution in [0.3, 0.4) is 0 Å². The zero-order valence-corrected chi connectivity index (χ0v) is 17.9. The lowest BCUT2D eigenvalue weighted by Crippen LogP contribution is -2.29. The lowest BCUT2D eigenvalue weighted by atomic mass is 10.0. The molecule has 0 radical (unpaired) electrons. The molecule has 166 valence electrons. The Balaban J connectivity index is 2.41. The number of aromatic nitrogens is 1. The highest BCUT2D eigenvalue weighted by Crippen LogP contribution is 2.36. The maximum absolute atomic E-state index is 11.4. The number of carbonyl (C=O) groups excluding carboxylic acids is 3. The van der Waals surface area contributed by atoms with E-state index in [1.165, 1.54) is 20.8 Å². The van der Waals surface area contributed by atoms with Crippen molar-refractivity contribution in [1.29, 1.82) is 0 Å². The van der Waals surface area contributed by atoms with Crippen molar-refractivity contribution in [2.24, 2.45) is 0 Å². The number of rotatable bonds is 10. The third-order valence-electron chi connectivity index (χ3n) is 4.47. The molecule has 1 unspecified atom stereocenters. The van der Waals surface area contributed by atoms with Gasteiger partial charge in [0.2, 0.25) is 0 Å². The molecule has 0 amide bonds. The fourth-order valence-corrected chi connectivity index (χ4v) is 3.00. The first-order valence-corrected chi connectivity index (χ1v) is 10.0. The van der Waals surface area contributed by atoms with E-state index in [0.717, 1.165) is 25.7 Å². The largest absolute Gasteiger partial charge is 0.462 e. The number of carbonyl (C=O) groups is 3.